The third-order valence-electron chi connectivity index (χ3n) is 6.61. The van der Waals surface area contributed by atoms with Crippen LogP contribution in [-0.4, -0.2) is 47.4 Å². The van der Waals surface area contributed by atoms with Gasteiger partial charge in [-0.1, -0.05) is 38.5 Å². The van der Waals surface area contributed by atoms with Crippen LogP contribution >= 0.6 is 24.0 Å². The predicted molar refractivity (Wildman–Crippen MR) is 148 cm³/mol. The number of benzene rings is 1. The van der Waals surface area contributed by atoms with Gasteiger partial charge in [0.25, 0.3) is 0 Å². The number of aliphatic imine (C=N–C) groups is 1. The summed E-state index contributed by atoms with van der Waals surface area (Å²) in [5, 5.41) is 15.6. The standard InChI is InChI=1S/C25H41N7.HI/c1-20(2)17-25(13-9-14-25)19-28-24(27-18-23-30-29-21(3)32(23)5)26-15-10-16-31(4)22-11-7-6-8-12-22;/h6-8,11-12,20H,9-10,13-19H2,1-5H3,(H2,26,27,28);1H. The Kier molecular flexibility index (Phi) is 10.9. The van der Waals surface area contributed by atoms with E-state index in [1.165, 1.54) is 31.4 Å². The van der Waals surface area contributed by atoms with E-state index in [1.807, 2.05) is 18.5 Å². The first-order chi connectivity index (χ1) is 15.4. The van der Waals surface area contributed by atoms with E-state index in [4.69, 9.17) is 4.99 Å². The Morgan fingerprint density at radius 3 is 2.48 bits per heavy atom. The van der Waals surface area contributed by atoms with Crippen LogP contribution in [0.4, 0.5) is 5.69 Å². The van der Waals surface area contributed by atoms with Crippen molar-refractivity contribution in [2.24, 2.45) is 23.4 Å². The first kappa shape index (κ1) is 27.4. The summed E-state index contributed by atoms with van der Waals surface area (Å²) in [4.78, 5) is 7.13. The Morgan fingerprint density at radius 2 is 1.91 bits per heavy atom. The molecule has 0 aliphatic heterocycles. The van der Waals surface area contributed by atoms with Gasteiger partial charge in [0.15, 0.2) is 11.8 Å². The zero-order valence-corrected chi connectivity index (χ0v) is 23.3. The summed E-state index contributed by atoms with van der Waals surface area (Å²) in [6.07, 6.45) is 6.29. The fourth-order valence-electron chi connectivity index (χ4n) is 4.51. The van der Waals surface area contributed by atoms with Crippen LogP contribution in [0.5, 0.6) is 0 Å². The number of aromatic nitrogens is 3. The summed E-state index contributed by atoms with van der Waals surface area (Å²) < 4.78 is 2.00. The second kappa shape index (κ2) is 13.2. The largest absolute Gasteiger partial charge is 0.375 e. The molecule has 2 N–H and O–H groups in total. The summed E-state index contributed by atoms with van der Waals surface area (Å²) in [5.74, 6) is 3.39. The molecular formula is C25H42IN7. The number of nitrogens with one attached hydrogen (secondary N) is 2. The van der Waals surface area contributed by atoms with E-state index in [0.29, 0.717) is 12.0 Å². The van der Waals surface area contributed by atoms with Crippen LogP contribution in [0, 0.1) is 18.3 Å². The number of anilines is 1. The summed E-state index contributed by atoms with van der Waals surface area (Å²) in [6.45, 7) is 9.99. The van der Waals surface area contributed by atoms with E-state index in [0.717, 1.165) is 49.6 Å². The molecule has 1 aromatic carbocycles. The average molecular weight is 568 g/mol. The zero-order valence-electron chi connectivity index (χ0n) is 21.0. The van der Waals surface area contributed by atoms with E-state index in [-0.39, 0.29) is 24.0 Å². The fraction of sp³-hybridized carbons (Fsp3) is 0.640. The lowest BCUT2D eigenvalue weighted by Crippen LogP contribution is -2.47. The second-order valence-electron chi connectivity index (χ2n) is 9.73. The molecule has 0 saturated heterocycles. The Morgan fingerprint density at radius 1 is 1.18 bits per heavy atom. The maximum absolute atomic E-state index is 4.84. The molecule has 2 aromatic rings. The van der Waals surface area contributed by atoms with Crippen molar-refractivity contribution in [3.05, 3.63) is 42.0 Å². The lowest BCUT2D eigenvalue weighted by atomic mass is 9.64. The molecule has 3 rings (SSSR count). The average Bonchev–Trinajstić information content (AvgIpc) is 3.08. The van der Waals surface area contributed by atoms with Crippen LogP contribution in [0.15, 0.2) is 35.3 Å². The molecule has 33 heavy (non-hydrogen) atoms. The Hall–Kier alpha value is -1.84. The molecule has 7 nitrogen and oxygen atoms in total. The minimum Gasteiger partial charge on any atom is -0.375 e. The van der Waals surface area contributed by atoms with Gasteiger partial charge in [-0.3, -0.25) is 0 Å². The smallest absolute Gasteiger partial charge is 0.191 e. The van der Waals surface area contributed by atoms with Gasteiger partial charge in [0.05, 0.1) is 0 Å². The van der Waals surface area contributed by atoms with Crippen molar-refractivity contribution in [2.45, 2.75) is 59.4 Å². The Balaban J connectivity index is 0.00000385. The monoisotopic (exact) mass is 567 g/mol. The normalized spacial score (nSPS) is 15.0. The van der Waals surface area contributed by atoms with Crippen molar-refractivity contribution >= 4 is 35.6 Å². The first-order valence-electron chi connectivity index (χ1n) is 12.0. The highest BCUT2D eigenvalue weighted by Gasteiger charge is 2.37. The molecule has 1 saturated carbocycles. The molecular weight excluding hydrogens is 525 g/mol. The van der Waals surface area contributed by atoms with Gasteiger partial charge >= 0.3 is 0 Å². The van der Waals surface area contributed by atoms with Gasteiger partial charge < -0.3 is 20.1 Å². The number of hydrogen-bond acceptors (Lipinski definition) is 4. The maximum atomic E-state index is 4.84. The minimum absolute atomic E-state index is 0. The number of rotatable bonds is 11. The molecule has 0 bridgehead atoms. The van der Waals surface area contributed by atoms with Crippen LogP contribution < -0.4 is 15.5 Å². The van der Waals surface area contributed by atoms with Crippen molar-refractivity contribution < 1.29 is 0 Å². The molecule has 0 amide bonds. The molecule has 1 heterocycles. The third-order valence-corrected chi connectivity index (χ3v) is 6.61. The SMILES string of the molecule is Cc1nnc(CN=C(NCCCN(C)c2ccccc2)NCC2(CC(C)C)CCC2)n1C.I. The van der Waals surface area contributed by atoms with Crippen LogP contribution in [-0.2, 0) is 13.6 Å². The van der Waals surface area contributed by atoms with Crippen LogP contribution in [0.25, 0.3) is 0 Å². The number of guanidine groups is 1. The Bertz CT molecular complexity index is 859. The van der Waals surface area contributed by atoms with Gasteiger partial charge in [-0.05, 0) is 56.1 Å². The molecule has 184 valence electrons. The topological polar surface area (TPSA) is 70.4 Å². The number of nitrogens with zero attached hydrogens (tertiary/aromatic N) is 5. The summed E-state index contributed by atoms with van der Waals surface area (Å²) in [5.41, 5.74) is 1.67. The van der Waals surface area contributed by atoms with Crippen molar-refractivity contribution in [3.63, 3.8) is 0 Å². The van der Waals surface area contributed by atoms with Crippen molar-refractivity contribution in [2.75, 3.05) is 31.6 Å². The first-order valence-corrected chi connectivity index (χ1v) is 12.0. The quantitative estimate of drug-likeness (QED) is 0.181. The molecule has 1 aliphatic carbocycles. The number of aryl methyl sites for hydroxylation is 1. The highest BCUT2D eigenvalue weighted by molar-refractivity contribution is 14.0. The molecule has 0 radical (unpaired) electrons. The van der Waals surface area contributed by atoms with Gasteiger partial charge in [-0.2, -0.15) is 0 Å². The van der Waals surface area contributed by atoms with E-state index in [9.17, 15) is 0 Å². The molecule has 1 fully saturated rings. The molecule has 8 heteroatoms. The van der Waals surface area contributed by atoms with Gasteiger partial charge in [0.1, 0.15) is 12.4 Å². The summed E-state index contributed by atoms with van der Waals surface area (Å²) >= 11 is 0. The molecule has 0 atom stereocenters. The molecule has 1 aliphatic rings. The highest BCUT2D eigenvalue weighted by atomic mass is 127. The number of hydrogen-bond donors (Lipinski definition) is 2. The lowest BCUT2D eigenvalue weighted by molar-refractivity contribution is 0.104. The van der Waals surface area contributed by atoms with Gasteiger partial charge in [0.2, 0.25) is 0 Å². The van der Waals surface area contributed by atoms with E-state index in [2.05, 4.69) is 77.0 Å². The lowest BCUT2D eigenvalue weighted by Gasteiger charge is -2.43. The number of halogens is 1. The van der Waals surface area contributed by atoms with Crippen molar-refractivity contribution in [1.29, 1.82) is 0 Å². The van der Waals surface area contributed by atoms with Crippen LogP contribution in [0.3, 0.4) is 0 Å². The Labute approximate surface area is 216 Å². The highest BCUT2D eigenvalue weighted by Crippen LogP contribution is 2.45. The summed E-state index contributed by atoms with van der Waals surface area (Å²) in [6, 6.07) is 10.5. The fourth-order valence-corrected chi connectivity index (χ4v) is 4.51. The van der Waals surface area contributed by atoms with Crippen LogP contribution in [0.2, 0.25) is 0 Å². The minimum atomic E-state index is 0. The van der Waals surface area contributed by atoms with Gasteiger partial charge in [0, 0.05) is 39.4 Å². The van der Waals surface area contributed by atoms with Gasteiger partial charge in [-0.15, -0.1) is 34.2 Å². The van der Waals surface area contributed by atoms with E-state index in [1.54, 1.807) is 0 Å². The predicted octanol–water partition coefficient (Wildman–Crippen LogP) is 4.52. The molecule has 0 unspecified atom stereocenters. The summed E-state index contributed by atoms with van der Waals surface area (Å²) in [7, 11) is 4.14. The van der Waals surface area contributed by atoms with E-state index >= 15 is 0 Å². The van der Waals surface area contributed by atoms with Crippen LogP contribution in [0.1, 0.15) is 57.6 Å². The van der Waals surface area contributed by atoms with Gasteiger partial charge in [-0.25, -0.2) is 4.99 Å². The van der Waals surface area contributed by atoms with E-state index < -0.39 is 0 Å². The zero-order chi connectivity index (χ0) is 23.0. The third kappa shape index (κ3) is 8.15. The maximum Gasteiger partial charge on any atom is 0.191 e. The second-order valence-corrected chi connectivity index (χ2v) is 9.73. The van der Waals surface area contributed by atoms with Crippen molar-refractivity contribution in [1.82, 2.24) is 25.4 Å². The van der Waals surface area contributed by atoms with Crippen molar-refractivity contribution in [3.8, 4) is 0 Å². The molecule has 0 spiro atoms. The molecule has 1 aromatic heterocycles. The number of para-hydroxylation sites is 1.